The van der Waals surface area contributed by atoms with Gasteiger partial charge in [-0.2, -0.15) is 0 Å². The number of anilines is 1. The molecule has 0 fully saturated rings. The lowest BCUT2D eigenvalue weighted by molar-refractivity contribution is 0.0949. The molecule has 0 unspecified atom stereocenters. The Balaban J connectivity index is 1.86. The van der Waals surface area contributed by atoms with E-state index in [1.165, 1.54) is 6.33 Å². The number of carbonyl (C=O) groups is 1. The predicted molar refractivity (Wildman–Crippen MR) is 102 cm³/mol. The molecule has 0 saturated carbocycles. The highest BCUT2D eigenvalue weighted by Crippen LogP contribution is 2.21. The van der Waals surface area contributed by atoms with Gasteiger partial charge in [0.05, 0.1) is 0 Å². The van der Waals surface area contributed by atoms with Crippen molar-refractivity contribution in [2.75, 3.05) is 39.0 Å². The number of hydrogen-bond acceptors (Lipinski definition) is 5. The maximum absolute atomic E-state index is 12.2. The second-order valence-corrected chi connectivity index (χ2v) is 6.60. The molecule has 0 spiro atoms. The van der Waals surface area contributed by atoms with Crippen LogP contribution in [-0.2, 0) is 6.42 Å². The van der Waals surface area contributed by atoms with Gasteiger partial charge in [-0.15, -0.1) is 0 Å². The van der Waals surface area contributed by atoms with E-state index in [4.69, 9.17) is 23.2 Å². The van der Waals surface area contributed by atoms with Crippen molar-refractivity contribution in [2.45, 2.75) is 6.42 Å². The van der Waals surface area contributed by atoms with Crippen molar-refractivity contribution < 1.29 is 4.79 Å². The fraction of sp³-hybridized carbons (Fsp3) is 0.353. The number of nitrogens with one attached hydrogen (secondary N) is 2. The summed E-state index contributed by atoms with van der Waals surface area (Å²) in [6, 6.07) is 6.96. The molecule has 0 atom stereocenters. The Bertz CT molecular complexity index is 724. The first-order chi connectivity index (χ1) is 12.0. The van der Waals surface area contributed by atoms with Crippen LogP contribution in [0.15, 0.2) is 30.6 Å². The lowest BCUT2D eigenvalue weighted by Crippen LogP contribution is -2.27. The molecule has 2 N–H and O–H groups in total. The number of hydrogen-bond donors (Lipinski definition) is 2. The minimum absolute atomic E-state index is 0.247. The summed E-state index contributed by atoms with van der Waals surface area (Å²) in [6.07, 6.45) is 1.99. The zero-order valence-corrected chi connectivity index (χ0v) is 15.7. The summed E-state index contributed by atoms with van der Waals surface area (Å²) >= 11 is 12.0. The Hall–Kier alpha value is -1.89. The molecule has 2 rings (SSSR count). The Kier molecular flexibility index (Phi) is 7.43. The molecule has 0 bridgehead atoms. The van der Waals surface area contributed by atoms with Gasteiger partial charge in [0.2, 0.25) is 0 Å². The number of nitrogens with zero attached hydrogens (tertiary/aromatic N) is 3. The lowest BCUT2D eigenvalue weighted by Gasteiger charge is -2.11. The van der Waals surface area contributed by atoms with Crippen molar-refractivity contribution in [1.82, 2.24) is 20.2 Å². The van der Waals surface area contributed by atoms with E-state index in [1.54, 1.807) is 18.2 Å². The Morgan fingerprint density at radius 2 is 1.96 bits per heavy atom. The maximum atomic E-state index is 12.2. The van der Waals surface area contributed by atoms with Crippen LogP contribution in [0.4, 0.5) is 5.82 Å². The highest BCUT2D eigenvalue weighted by atomic mass is 35.5. The highest BCUT2D eigenvalue weighted by Gasteiger charge is 2.09. The standard InChI is InChI=1S/C17H21Cl2N5O/c1-24(2)8-7-20-16-10-15(22-11-23-16)17(25)21-6-5-12-3-4-13(18)9-14(12)19/h3-4,9-11H,5-8H2,1-2H3,(H,21,25)(H,20,22,23). The van der Waals surface area contributed by atoms with E-state index in [-0.39, 0.29) is 5.91 Å². The molecule has 0 aliphatic carbocycles. The van der Waals surface area contributed by atoms with Crippen molar-refractivity contribution in [2.24, 2.45) is 0 Å². The summed E-state index contributed by atoms with van der Waals surface area (Å²) < 4.78 is 0. The van der Waals surface area contributed by atoms with Gasteiger partial charge in [-0.05, 0) is 38.2 Å². The van der Waals surface area contributed by atoms with Crippen LogP contribution in [-0.4, -0.2) is 54.5 Å². The van der Waals surface area contributed by atoms with Gasteiger partial charge >= 0.3 is 0 Å². The third-order valence-electron chi connectivity index (χ3n) is 3.46. The predicted octanol–water partition coefficient (Wildman–Crippen LogP) is 2.73. The Labute approximate surface area is 157 Å². The zero-order valence-electron chi connectivity index (χ0n) is 14.2. The van der Waals surface area contributed by atoms with Crippen molar-refractivity contribution in [3.63, 3.8) is 0 Å². The van der Waals surface area contributed by atoms with Gasteiger partial charge in [0.1, 0.15) is 17.8 Å². The molecule has 134 valence electrons. The fourth-order valence-electron chi connectivity index (χ4n) is 2.11. The summed E-state index contributed by atoms with van der Waals surface area (Å²) in [5.41, 5.74) is 1.25. The van der Waals surface area contributed by atoms with E-state index in [0.29, 0.717) is 34.5 Å². The molecule has 8 heteroatoms. The van der Waals surface area contributed by atoms with E-state index in [2.05, 4.69) is 25.5 Å². The molecule has 6 nitrogen and oxygen atoms in total. The van der Waals surface area contributed by atoms with Crippen LogP contribution in [0.25, 0.3) is 0 Å². The number of halogens is 2. The van der Waals surface area contributed by atoms with E-state index in [9.17, 15) is 4.79 Å². The maximum Gasteiger partial charge on any atom is 0.270 e. The SMILES string of the molecule is CN(C)CCNc1cc(C(=O)NCCc2ccc(Cl)cc2Cl)ncn1. The average Bonchev–Trinajstić information content (AvgIpc) is 2.56. The normalized spacial score (nSPS) is 10.8. The molecule has 1 heterocycles. The molecule has 1 aromatic carbocycles. The van der Waals surface area contributed by atoms with E-state index < -0.39 is 0 Å². The van der Waals surface area contributed by atoms with Crippen molar-refractivity contribution in [1.29, 1.82) is 0 Å². The first kappa shape index (κ1) is 19.4. The van der Waals surface area contributed by atoms with Gasteiger partial charge in [-0.25, -0.2) is 9.97 Å². The topological polar surface area (TPSA) is 70.2 Å². The number of amides is 1. The van der Waals surface area contributed by atoms with E-state index in [0.717, 1.165) is 18.7 Å². The van der Waals surface area contributed by atoms with Crippen molar-refractivity contribution in [3.05, 3.63) is 51.9 Å². The molecule has 25 heavy (non-hydrogen) atoms. The van der Waals surface area contributed by atoms with Gasteiger partial charge in [0.15, 0.2) is 0 Å². The molecule has 0 radical (unpaired) electrons. The molecular formula is C17H21Cl2N5O. The Morgan fingerprint density at radius 1 is 1.16 bits per heavy atom. The van der Waals surface area contributed by atoms with Crippen LogP contribution in [0, 0.1) is 0 Å². The van der Waals surface area contributed by atoms with Crippen LogP contribution in [0.5, 0.6) is 0 Å². The van der Waals surface area contributed by atoms with Gasteiger partial charge in [-0.1, -0.05) is 29.3 Å². The highest BCUT2D eigenvalue weighted by molar-refractivity contribution is 6.35. The minimum atomic E-state index is -0.247. The molecule has 0 aliphatic rings. The first-order valence-electron chi connectivity index (χ1n) is 7.88. The lowest BCUT2D eigenvalue weighted by atomic mass is 10.1. The minimum Gasteiger partial charge on any atom is -0.369 e. The third kappa shape index (κ3) is 6.49. The monoisotopic (exact) mass is 381 g/mol. The second-order valence-electron chi connectivity index (χ2n) is 5.76. The molecule has 1 aromatic heterocycles. The Morgan fingerprint density at radius 3 is 2.68 bits per heavy atom. The fourth-order valence-corrected chi connectivity index (χ4v) is 2.61. The summed E-state index contributed by atoms with van der Waals surface area (Å²) in [6.45, 7) is 2.06. The van der Waals surface area contributed by atoms with E-state index >= 15 is 0 Å². The number of carbonyl (C=O) groups excluding carboxylic acids is 1. The number of likely N-dealkylation sites (N-methyl/N-ethyl adjacent to an activating group) is 1. The van der Waals surface area contributed by atoms with Crippen LogP contribution >= 0.6 is 23.2 Å². The number of benzene rings is 1. The van der Waals surface area contributed by atoms with Gasteiger partial charge in [-0.3, -0.25) is 4.79 Å². The average molecular weight is 382 g/mol. The number of rotatable bonds is 8. The zero-order chi connectivity index (χ0) is 18.2. The summed E-state index contributed by atoms with van der Waals surface area (Å²) in [5.74, 6) is 0.380. The third-order valence-corrected chi connectivity index (χ3v) is 4.05. The van der Waals surface area contributed by atoms with Crippen LogP contribution < -0.4 is 10.6 Å². The first-order valence-corrected chi connectivity index (χ1v) is 8.64. The van der Waals surface area contributed by atoms with Crippen LogP contribution in [0.1, 0.15) is 16.1 Å². The van der Waals surface area contributed by atoms with Crippen LogP contribution in [0.3, 0.4) is 0 Å². The number of aromatic nitrogens is 2. The smallest absolute Gasteiger partial charge is 0.270 e. The molecule has 2 aromatic rings. The summed E-state index contributed by atoms with van der Waals surface area (Å²) in [5, 5.41) is 7.18. The second kappa shape index (κ2) is 9.56. The molecule has 1 amide bonds. The van der Waals surface area contributed by atoms with E-state index in [1.807, 2.05) is 20.2 Å². The van der Waals surface area contributed by atoms with Gasteiger partial charge in [0, 0.05) is 35.7 Å². The van der Waals surface area contributed by atoms with Crippen molar-refractivity contribution in [3.8, 4) is 0 Å². The van der Waals surface area contributed by atoms with Gasteiger partial charge in [0.25, 0.3) is 5.91 Å². The van der Waals surface area contributed by atoms with Crippen molar-refractivity contribution >= 4 is 34.9 Å². The summed E-state index contributed by atoms with van der Waals surface area (Å²) in [4.78, 5) is 22.4. The quantitative estimate of drug-likeness (QED) is 0.735. The van der Waals surface area contributed by atoms with Gasteiger partial charge < -0.3 is 15.5 Å². The largest absolute Gasteiger partial charge is 0.369 e. The molecular weight excluding hydrogens is 361 g/mol. The summed E-state index contributed by atoms with van der Waals surface area (Å²) in [7, 11) is 3.99. The molecule has 0 saturated heterocycles. The molecule has 0 aliphatic heterocycles. The van der Waals surface area contributed by atoms with Crippen LogP contribution in [0.2, 0.25) is 10.0 Å².